The third-order valence-electron chi connectivity index (χ3n) is 5.29. The number of rotatable bonds is 6. The van der Waals surface area contributed by atoms with Crippen molar-refractivity contribution in [1.29, 1.82) is 0 Å². The minimum atomic E-state index is 0.942. The molecule has 3 heterocycles. The Morgan fingerprint density at radius 3 is 2.73 bits per heavy atom. The summed E-state index contributed by atoms with van der Waals surface area (Å²) in [5.41, 5.74) is 5.38. The third kappa shape index (κ3) is 3.16. The van der Waals surface area contributed by atoms with Crippen molar-refractivity contribution in [1.82, 2.24) is 15.0 Å². The minimum absolute atomic E-state index is 0.942. The molecule has 3 aromatic heterocycles. The van der Waals surface area contributed by atoms with E-state index in [2.05, 4.69) is 36.3 Å². The van der Waals surface area contributed by atoms with Gasteiger partial charge in [0.25, 0.3) is 0 Å². The molecule has 3 aromatic rings. The van der Waals surface area contributed by atoms with Crippen molar-refractivity contribution in [3.05, 3.63) is 23.1 Å². The van der Waals surface area contributed by atoms with Gasteiger partial charge in [0, 0.05) is 24.0 Å². The smallest absolute Gasteiger partial charge is 0.147 e. The summed E-state index contributed by atoms with van der Waals surface area (Å²) in [7, 11) is 4.38. The summed E-state index contributed by atoms with van der Waals surface area (Å²) in [5, 5.41) is 4.82. The van der Waals surface area contributed by atoms with Crippen molar-refractivity contribution in [3.63, 3.8) is 0 Å². The molecule has 0 aromatic carbocycles. The van der Waals surface area contributed by atoms with Crippen molar-refractivity contribution in [2.24, 2.45) is 0 Å². The highest BCUT2D eigenvalue weighted by atomic mass is 32.1. The van der Waals surface area contributed by atoms with Gasteiger partial charge in [-0.1, -0.05) is 6.92 Å². The lowest BCUT2D eigenvalue weighted by Crippen LogP contribution is -3.05. The van der Waals surface area contributed by atoms with Crippen molar-refractivity contribution in [2.45, 2.75) is 45.4 Å². The standard InChI is InChI=1S/C20H27N5S/c1-4-15-13-8-5-6-9-14(13)16-17-18(26-20(16)24-15)19(23-12-22-17)21-10-7-11-25(2)3/h12H,4-11H2,1-3H3,(H,21,22,23)/p+1. The van der Waals surface area contributed by atoms with Gasteiger partial charge in [-0.3, -0.25) is 0 Å². The molecule has 138 valence electrons. The number of nitrogens with one attached hydrogen (secondary N) is 2. The van der Waals surface area contributed by atoms with Crippen LogP contribution in [0, 0.1) is 0 Å². The molecular formula is C20H28N5S+. The van der Waals surface area contributed by atoms with Crippen LogP contribution in [-0.2, 0) is 19.3 Å². The summed E-state index contributed by atoms with van der Waals surface area (Å²) >= 11 is 1.75. The molecule has 0 unspecified atom stereocenters. The maximum Gasteiger partial charge on any atom is 0.147 e. The van der Waals surface area contributed by atoms with E-state index >= 15 is 0 Å². The van der Waals surface area contributed by atoms with Gasteiger partial charge in [0.15, 0.2) is 0 Å². The Morgan fingerprint density at radius 1 is 1.15 bits per heavy atom. The lowest BCUT2D eigenvalue weighted by Gasteiger charge is -2.19. The molecular weight excluding hydrogens is 342 g/mol. The monoisotopic (exact) mass is 370 g/mol. The molecule has 0 bridgehead atoms. The van der Waals surface area contributed by atoms with Gasteiger partial charge in [0.05, 0.1) is 30.9 Å². The number of nitrogens with zero attached hydrogens (tertiary/aromatic N) is 3. The topological polar surface area (TPSA) is 55.1 Å². The van der Waals surface area contributed by atoms with E-state index in [9.17, 15) is 0 Å². The second-order valence-electron chi connectivity index (χ2n) is 7.50. The van der Waals surface area contributed by atoms with Crippen molar-refractivity contribution in [2.75, 3.05) is 32.5 Å². The van der Waals surface area contributed by atoms with Gasteiger partial charge in [-0.2, -0.15) is 0 Å². The van der Waals surface area contributed by atoms with E-state index in [1.165, 1.54) is 46.4 Å². The molecule has 5 nitrogen and oxygen atoms in total. The molecule has 1 aliphatic rings. The van der Waals surface area contributed by atoms with Crippen LogP contribution in [0.1, 0.15) is 43.0 Å². The molecule has 6 heteroatoms. The van der Waals surface area contributed by atoms with E-state index < -0.39 is 0 Å². The van der Waals surface area contributed by atoms with Crippen LogP contribution < -0.4 is 10.2 Å². The van der Waals surface area contributed by atoms with Gasteiger partial charge in [-0.05, 0) is 43.2 Å². The van der Waals surface area contributed by atoms with Gasteiger partial charge in [-0.25, -0.2) is 15.0 Å². The number of hydrogen-bond donors (Lipinski definition) is 2. The molecule has 0 radical (unpaired) electrons. The van der Waals surface area contributed by atoms with E-state index in [1.807, 2.05) is 0 Å². The average molecular weight is 371 g/mol. The average Bonchev–Trinajstić information content (AvgIpc) is 3.03. The van der Waals surface area contributed by atoms with Crippen molar-refractivity contribution < 1.29 is 4.90 Å². The molecule has 26 heavy (non-hydrogen) atoms. The van der Waals surface area contributed by atoms with Crippen LogP contribution in [0.5, 0.6) is 0 Å². The minimum Gasteiger partial charge on any atom is -0.369 e. The highest BCUT2D eigenvalue weighted by Crippen LogP contribution is 2.40. The fourth-order valence-corrected chi connectivity index (χ4v) is 5.15. The Labute approximate surface area is 158 Å². The number of thiophene rings is 1. The second-order valence-corrected chi connectivity index (χ2v) is 8.49. The summed E-state index contributed by atoms with van der Waals surface area (Å²) in [6.45, 7) is 4.32. The Kier molecular flexibility index (Phi) is 5.05. The maximum atomic E-state index is 5.02. The molecule has 1 aliphatic carbocycles. The molecule has 0 aliphatic heterocycles. The number of fused-ring (bicyclic) bond motifs is 5. The Balaban J connectivity index is 1.78. The Morgan fingerprint density at radius 2 is 1.96 bits per heavy atom. The van der Waals surface area contributed by atoms with Crippen LogP contribution in [0.2, 0.25) is 0 Å². The first kappa shape index (κ1) is 17.6. The van der Waals surface area contributed by atoms with Crippen LogP contribution in [0.15, 0.2) is 6.33 Å². The summed E-state index contributed by atoms with van der Waals surface area (Å²) in [6, 6.07) is 0. The number of aryl methyl sites for hydroxylation is 2. The fourth-order valence-electron chi connectivity index (χ4n) is 4.01. The first-order valence-electron chi connectivity index (χ1n) is 9.79. The molecule has 0 amide bonds. The number of quaternary nitrogens is 1. The zero-order chi connectivity index (χ0) is 18.1. The number of aromatic nitrogens is 3. The number of pyridine rings is 1. The van der Waals surface area contributed by atoms with Gasteiger partial charge in [0.1, 0.15) is 17.0 Å². The largest absolute Gasteiger partial charge is 0.369 e. The van der Waals surface area contributed by atoms with Crippen molar-refractivity contribution >= 4 is 37.6 Å². The predicted molar refractivity (Wildman–Crippen MR) is 110 cm³/mol. The van der Waals surface area contributed by atoms with E-state index in [-0.39, 0.29) is 0 Å². The van der Waals surface area contributed by atoms with Crippen LogP contribution in [0.3, 0.4) is 0 Å². The van der Waals surface area contributed by atoms with Gasteiger partial charge >= 0.3 is 0 Å². The summed E-state index contributed by atoms with van der Waals surface area (Å²) in [5.74, 6) is 0.967. The van der Waals surface area contributed by atoms with E-state index in [4.69, 9.17) is 4.98 Å². The highest BCUT2D eigenvalue weighted by molar-refractivity contribution is 7.26. The predicted octanol–water partition coefficient (Wildman–Crippen LogP) is 2.63. The number of hydrogen-bond acceptors (Lipinski definition) is 5. The molecule has 4 rings (SSSR count). The SMILES string of the molecule is CCc1nc2sc3c(NCCC[NH+](C)C)ncnc3c2c2c1CCCC2. The van der Waals surface area contributed by atoms with Gasteiger partial charge in [0.2, 0.25) is 0 Å². The Hall–Kier alpha value is -1.79. The molecule has 0 saturated heterocycles. The van der Waals surface area contributed by atoms with Gasteiger partial charge < -0.3 is 10.2 Å². The highest BCUT2D eigenvalue weighted by Gasteiger charge is 2.22. The summed E-state index contributed by atoms with van der Waals surface area (Å²) in [4.78, 5) is 16.8. The zero-order valence-corrected chi connectivity index (χ0v) is 16.8. The summed E-state index contributed by atoms with van der Waals surface area (Å²) < 4.78 is 1.16. The van der Waals surface area contributed by atoms with E-state index in [1.54, 1.807) is 17.7 Å². The zero-order valence-electron chi connectivity index (χ0n) is 16.0. The van der Waals surface area contributed by atoms with Crippen LogP contribution in [0.25, 0.3) is 20.4 Å². The summed E-state index contributed by atoms with van der Waals surface area (Å²) in [6.07, 6.45) is 8.73. The lowest BCUT2D eigenvalue weighted by molar-refractivity contribution is -0.858. The van der Waals surface area contributed by atoms with E-state index in [0.717, 1.165) is 53.2 Å². The maximum absolute atomic E-state index is 5.02. The molecule has 0 fully saturated rings. The quantitative estimate of drug-likeness (QED) is 0.655. The normalized spacial score (nSPS) is 14.3. The number of anilines is 1. The fraction of sp³-hybridized carbons (Fsp3) is 0.550. The van der Waals surface area contributed by atoms with Gasteiger partial charge in [-0.15, -0.1) is 11.3 Å². The first-order valence-corrected chi connectivity index (χ1v) is 10.6. The lowest BCUT2D eigenvalue weighted by atomic mass is 9.88. The molecule has 0 saturated carbocycles. The second kappa shape index (κ2) is 7.45. The Bertz CT molecular complexity index is 931. The van der Waals surface area contributed by atoms with Crippen molar-refractivity contribution in [3.8, 4) is 0 Å². The molecule has 0 atom stereocenters. The third-order valence-corrected chi connectivity index (χ3v) is 6.37. The molecule has 0 spiro atoms. The first-order chi connectivity index (χ1) is 12.7. The van der Waals surface area contributed by atoms with Crippen LogP contribution in [-0.4, -0.2) is 42.1 Å². The van der Waals surface area contributed by atoms with E-state index in [0.29, 0.717) is 0 Å². The van der Waals surface area contributed by atoms with Crippen LogP contribution >= 0.6 is 11.3 Å². The van der Waals surface area contributed by atoms with Crippen LogP contribution in [0.4, 0.5) is 5.82 Å². The molecule has 2 N–H and O–H groups in total.